The Morgan fingerprint density at radius 2 is 1.72 bits per heavy atom. The molecule has 1 amide bonds. The van der Waals surface area contributed by atoms with E-state index in [2.05, 4.69) is 20.5 Å². The van der Waals surface area contributed by atoms with E-state index in [4.69, 9.17) is 4.74 Å². The Balaban J connectivity index is 1.24. The Labute approximate surface area is 184 Å². The number of benzene rings is 3. The van der Waals surface area contributed by atoms with Gasteiger partial charge in [-0.15, -0.1) is 10.2 Å². The Morgan fingerprint density at radius 1 is 0.906 bits per heavy atom. The second kappa shape index (κ2) is 8.31. The molecule has 1 N–H and O–H groups in total. The van der Waals surface area contributed by atoms with Crippen molar-refractivity contribution in [2.75, 3.05) is 5.32 Å². The number of amides is 1. The van der Waals surface area contributed by atoms with Crippen LogP contribution in [0.15, 0.2) is 91.3 Å². The minimum Gasteiger partial charge on any atom is -0.438 e. The fourth-order valence-electron chi connectivity index (χ4n) is 3.38. The zero-order chi connectivity index (χ0) is 21.9. The average Bonchev–Trinajstić information content (AvgIpc) is 3.26. The van der Waals surface area contributed by atoms with Crippen LogP contribution in [0.1, 0.15) is 16.2 Å². The lowest BCUT2D eigenvalue weighted by Gasteiger charge is -2.09. The van der Waals surface area contributed by atoms with Crippen LogP contribution in [0.4, 0.5) is 5.69 Å². The van der Waals surface area contributed by atoms with Crippen LogP contribution in [-0.4, -0.2) is 25.7 Å². The molecule has 0 radical (unpaired) electrons. The monoisotopic (exact) mass is 421 g/mol. The maximum atomic E-state index is 12.6. The number of carbonyl (C=O) groups is 1. The van der Waals surface area contributed by atoms with Crippen molar-refractivity contribution >= 4 is 22.4 Å². The topological polar surface area (TPSA) is 81.9 Å². The van der Waals surface area contributed by atoms with E-state index < -0.39 is 0 Å². The number of nitrogens with zero attached hydrogens (tertiary/aromatic N) is 4. The van der Waals surface area contributed by atoms with Crippen molar-refractivity contribution in [2.24, 2.45) is 0 Å². The summed E-state index contributed by atoms with van der Waals surface area (Å²) in [6.07, 6.45) is 3.53. The molecule has 7 heteroatoms. The highest BCUT2D eigenvalue weighted by molar-refractivity contribution is 6.06. The Bertz CT molecular complexity index is 1390. The van der Waals surface area contributed by atoms with E-state index in [1.165, 1.54) is 0 Å². The van der Waals surface area contributed by atoms with Crippen molar-refractivity contribution in [2.45, 2.75) is 6.92 Å². The lowest BCUT2D eigenvalue weighted by molar-refractivity contribution is 0.102. The zero-order valence-electron chi connectivity index (χ0n) is 17.3. The van der Waals surface area contributed by atoms with E-state index in [9.17, 15) is 4.79 Å². The molecule has 0 atom stereocenters. The first-order valence-electron chi connectivity index (χ1n) is 10.1. The smallest absolute Gasteiger partial charge is 0.255 e. The third-order valence-electron chi connectivity index (χ3n) is 5.04. The number of ether oxygens (including phenoxy) is 1. The maximum absolute atomic E-state index is 12.6. The van der Waals surface area contributed by atoms with Gasteiger partial charge >= 0.3 is 0 Å². The van der Waals surface area contributed by atoms with Gasteiger partial charge < -0.3 is 10.1 Å². The molecule has 2 heterocycles. The van der Waals surface area contributed by atoms with Gasteiger partial charge in [0.05, 0.1) is 0 Å². The van der Waals surface area contributed by atoms with Gasteiger partial charge in [-0.25, -0.2) is 4.98 Å². The molecule has 5 aromatic rings. The maximum Gasteiger partial charge on any atom is 0.255 e. The van der Waals surface area contributed by atoms with Crippen LogP contribution in [-0.2, 0) is 0 Å². The Hall–Kier alpha value is -4.52. The SMILES string of the molecule is Cc1nccn1-c1ccc(Oc2ccc(NC(=O)c3ccc4ccccc4c3)cc2)nn1. The number of aromatic nitrogens is 4. The molecule has 7 nitrogen and oxygen atoms in total. The molecular weight excluding hydrogens is 402 g/mol. The summed E-state index contributed by atoms with van der Waals surface area (Å²) in [5, 5.41) is 13.3. The number of fused-ring (bicyclic) bond motifs is 1. The number of rotatable bonds is 5. The average molecular weight is 421 g/mol. The van der Waals surface area contributed by atoms with Gasteiger partial charge in [-0.3, -0.25) is 9.36 Å². The molecule has 0 bridgehead atoms. The van der Waals surface area contributed by atoms with Gasteiger partial charge in [0.2, 0.25) is 5.88 Å². The van der Waals surface area contributed by atoms with Gasteiger partial charge in [-0.05, 0) is 60.2 Å². The first kappa shape index (κ1) is 19.4. The standard InChI is InChI=1S/C25H19N5O2/c1-17-26-14-15-30(17)23-12-13-24(29-28-23)32-22-10-8-21(9-11-22)27-25(31)20-7-6-18-4-2-3-5-19(18)16-20/h2-16H,1H3,(H,27,31). The molecule has 32 heavy (non-hydrogen) atoms. The second-order valence-corrected chi connectivity index (χ2v) is 7.22. The summed E-state index contributed by atoms with van der Waals surface area (Å²) in [6, 6.07) is 24.3. The van der Waals surface area contributed by atoms with E-state index >= 15 is 0 Å². The van der Waals surface area contributed by atoms with E-state index in [0.29, 0.717) is 28.7 Å². The summed E-state index contributed by atoms with van der Waals surface area (Å²) in [5.41, 5.74) is 1.28. The summed E-state index contributed by atoms with van der Waals surface area (Å²) >= 11 is 0. The molecular formula is C25H19N5O2. The number of hydrogen-bond donors (Lipinski definition) is 1. The molecule has 0 aliphatic carbocycles. The quantitative estimate of drug-likeness (QED) is 0.423. The summed E-state index contributed by atoms with van der Waals surface area (Å²) in [7, 11) is 0. The highest BCUT2D eigenvalue weighted by atomic mass is 16.5. The Kier molecular flexibility index (Phi) is 5.05. The number of anilines is 1. The fourth-order valence-corrected chi connectivity index (χ4v) is 3.38. The summed E-state index contributed by atoms with van der Waals surface area (Å²) in [5.74, 6) is 2.29. The van der Waals surface area contributed by atoms with Gasteiger partial charge in [-0.2, -0.15) is 0 Å². The lowest BCUT2D eigenvalue weighted by Crippen LogP contribution is -2.11. The third kappa shape index (κ3) is 4.04. The van der Waals surface area contributed by atoms with Crippen molar-refractivity contribution in [3.8, 4) is 17.4 Å². The van der Waals surface area contributed by atoms with Gasteiger partial charge in [0.25, 0.3) is 5.91 Å². The van der Waals surface area contributed by atoms with E-state index in [0.717, 1.165) is 16.6 Å². The van der Waals surface area contributed by atoms with Crippen LogP contribution < -0.4 is 10.1 Å². The van der Waals surface area contributed by atoms with Crippen molar-refractivity contribution in [3.63, 3.8) is 0 Å². The predicted molar refractivity (Wildman–Crippen MR) is 122 cm³/mol. The molecule has 0 saturated carbocycles. The van der Waals surface area contributed by atoms with Gasteiger partial charge in [0.15, 0.2) is 5.82 Å². The molecule has 5 rings (SSSR count). The summed E-state index contributed by atoms with van der Waals surface area (Å²) in [6.45, 7) is 1.90. The predicted octanol–water partition coefficient (Wildman–Crippen LogP) is 5.17. The number of nitrogens with one attached hydrogen (secondary N) is 1. The molecule has 0 aliphatic heterocycles. The molecule has 0 unspecified atom stereocenters. The summed E-state index contributed by atoms with van der Waals surface area (Å²) in [4.78, 5) is 16.8. The largest absolute Gasteiger partial charge is 0.438 e. The van der Waals surface area contributed by atoms with Crippen LogP contribution in [0, 0.1) is 6.92 Å². The highest BCUT2D eigenvalue weighted by Crippen LogP contribution is 2.22. The second-order valence-electron chi connectivity index (χ2n) is 7.22. The van der Waals surface area contributed by atoms with Gasteiger partial charge in [0.1, 0.15) is 11.6 Å². The molecule has 2 aromatic heterocycles. The van der Waals surface area contributed by atoms with Crippen molar-refractivity contribution in [1.29, 1.82) is 0 Å². The normalized spacial score (nSPS) is 10.8. The van der Waals surface area contributed by atoms with Crippen LogP contribution >= 0.6 is 0 Å². The molecule has 0 aliphatic rings. The number of carbonyl (C=O) groups excluding carboxylic acids is 1. The molecule has 0 fully saturated rings. The molecule has 3 aromatic carbocycles. The zero-order valence-corrected chi connectivity index (χ0v) is 17.3. The number of imidazole rings is 1. The minimum absolute atomic E-state index is 0.166. The number of hydrogen-bond acceptors (Lipinski definition) is 5. The van der Waals surface area contributed by atoms with Crippen molar-refractivity contribution in [1.82, 2.24) is 19.7 Å². The highest BCUT2D eigenvalue weighted by Gasteiger charge is 2.08. The van der Waals surface area contributed by atoms with Crippen LogP contribution in [0.5, 0.6) is 11.6 Å². The third-order valence-corrected chi connectivity index (χ3v) is 5.04. The Morgan fingerprint density at radius 3 is 2.44 bits per heavy atom. The van der Waals surface area contributed by atoms with Crippen LogP contribution in [0.3, 0.4) is 0 Å². The number of aryl methyl sites for hydroxylation is 1. The summed E-state index contributed by atoms with van der Waals surface area (Å²) < 4.78 is 7.60. The van der Waals surface area contributed by atoms with Crippen LogP contribution in [0.25, 0.3) is 16.6 Å². The fraction of sp³-hybridized carbons (Fsp3) is 0.0400. The minimum atomic E-state index is -0.166. The molecule has 0 saturated heterocycles. The van der Waals surface area contributed by atoms with Gasteiger partial charge in [-0.1, -0.05) is 30.3 Å². The lowest BCUT2D eigenvalue weighted by atomic mass is 10.1. The van der Waals surface area contributed by atoms with E-state index in [1.807, 2.05) is 66.2 Å². The van der Waals surface area contributed by atoms with Crippen LogP contribution in [0.2, 0.25) is 0 Å². The first-order valence-corrected chi connectivity index (χ1v) is 10.1. The van der Waals surface area contributed by atoms with E-state index in [-0.39, 0.29) is 5.91 Å². The molecule has 0 spiro atoms. The van der Waals surface area contributed by atoms with Crippen molar-refractivity contribution in [3.05, 3.63) is 103 Å². The van der Waals surface area contributed by atoms with E-state index in [1.54, 1.807) is 36.5 Å². The van der Waals surface area contributed by atoms with Gasteiger partial charge in [0, 0.05) is 29.7 Å². The first-order chi connectivity index (χ1) is 15.7. The molecule has 156 valence electrons. The van der Waals surface area contributed by atoms with Crippen molar-refractivity contribution < 1.29 is 9.53 Å².